The lowest BCUT2D eigenvalue weighted by Crippen LogP contribution is -2.13. The third-order valence-electron chi connectivity index (χ3n) is 5.11. The third-order valence-corrected chi connectivity index (χ3v) is 5.11. The maximum atomic E-state index is 12.5. The average molecular weight is 391 g/mol. The molecule has 0 atom stereocenters. The van der Waals surface area contributed by atoms with Gasteiger partial charge in [0, 0.05) is 30.3 Å². The first-order chi connectivity index (χ1) is 14.1. The molecule has 0 aliphatic carbocycles. The van der Waals surface area contributed by atoms with Crippen LogP contribution in [0.2, 0.25) is 0 Å². The van der Waals surface area contributed by atoms with Gasteiger partial charge in [-0.3, -0.25) is 14.9 Å². The molecule has 3 aromatic rings. The van der Waals surface area contributed by atoms with E-state index >= 15 is 0 Å². The van der Waals surface area contributed by atoms with Crippen LogP contribution in [0.1, 0.15) is 41.9 Å². The van der Waals surface area contributed by atoms with E-state index in [9.17, 15) is 14.9 Å². The van der Waals surface area contributed by atoms with Gasteiger partial charge in [-0.15, -0.1) is 10.2 Å². The molecule has 29 heavy (non-hydrogen) atoms. The van der Waals surface area contributed by atoms with Crippen molar-refractivity contribution < 1.29 is 9.72 Å². The second kappa shape index (κ2) is 8.22. The van der Waals surface area contributed by atoms with Crippen LogP contribution < -0.4 is 5.32 Å². The fourth-order valence-electron chi connectivity index (χ4n) is 3.60. The number of hydrogen-bond donors (Lipinski definition) is 1. The summed E-state index contributed by atoms with van der Waals surface area (Å²) in [6.45, 7) is 0.911. The SMILES string of the molecule is O=C(Nc1ccc(-c2nnc3n2CCCCCC3)cc1)c1ccccc1[N+](=O)[O-]. The molecule has 8 heteroatoms. The molecule has 0 saturated carbocycles. The van der Waals surface area contributed by atoms with E-state index in [0.717, 1.165) is 43.0 Å². The molecule has 1 aliphatic rings. The Morgan fingerprint density at radius 3 is 2.55 bits per heavy atom. The number of para-hydroxylation sites is 1. The van der Waals surface area contributed by atoms with E-state index in [-0.39, 0.29) is 11.3 Å². The molecule has 148 valence electrons. The summed E-state index contributed by atoms with van der Waals surface area (Å²) < 4.78 is 2.18. The van der Waals surface area contributed by atoms with Gasteiger partial charge in [0.2, 0.25) is 0 Å². The summed E-state index contributed by atoms with van der Waals surface area (Å²) in [5.41, 5.74) is 1.29. The highest BCUT2D eigenvalue weighted by atomic mass is 16.6. The van der Waals surface area contributed by atoms with Gasteiger partial charge in [0.25, 0.3) is 11.6 Å². The summed E-state index contributed by atoms with van der Waals surface area (Å²) >= 11 is 0. The summed E-state index contributed by atoms with van der Waals surface area (Å²) in [6, 6.07) is 13.2. The molecule has 0 saturated heterocycles. The van der Waals surface area contributed by atoms with Gasteiger partial charge >= 0.3 is 0 Å². The van der Waals surface area contributed by atoms with Gasteiger partial charge in [0.1, 0.15) is 11.4 Å². The Morgan fingerprint density at radius 1 is 1.00 bits per heavy atom. The Morgan fingerprint density at radius 2 is 1.76 bits per heavy atom. The van der Waals surface area contributed by atoms with E-state index in [0.29, 0.717) is 5.69 Å². The smallest absolute Gasteiger partial charge is 0.282 e. The molecule has 8 nitrogen and oxygen atoms in total. The van der Waals surface area contributed by atoms with Crippen LogP contribution in [0.5, 0.6) is 0 Å². The highest BCUT2D eigenvalue weighted by Crippen LogP contribution is 2.25. The van der Waals surface area contributed by atoms with Crippen LogP contribution in [0.25, 0.3) is 11.4 Å². The van der Waals surface area contributed by atoms with Gasteiger partial charge in [0.15, 0.2) is 5.82 Å². The van der Waals surface area contributed by atoms with Crippen molar-refractivity contribution in [3.8, 4) is 11.4 Å². The summed E-state index contributed by atoms with van der Waals surface area (Å²) in [6.07, 6.45) is 5.64. The lowest BCUT2D eigenvalue weighted by atomic mass is 10.1. The maximum Gasteiger partial charge on any atom is 0.282 e. The number of anilines is 1. The molecule has 2 aromatic carbocycles. The Hall–Kier alpha value is -3.55. The first-order valence-corrected chi connectivity index (χ1v) is 9.71. The van der Waals surface area contributed by atoms with Gasteiger partial charge in [-0.25, -0.2) is 0 Å². The normalized spacial score (nSPS) is 13.8. The van der Waals surface area contributed by atoms with E-state index in [1.54, 1.807) is 18.2 Å². The lowest BCUT2D eigenvalue weighted by molar-refractivity contribution is -0.385. The van der Waals surface area contributed by atoms with Crippen LogP contribution in [-0.2, 0) is 13.0 Å². The number of aryl methyl sites for hydroxylation is 1. The maximum absolute atomic E-state index is 12.5. The molecule has 2 heterocycles. The second-order valence-electron chi connectivity index (χ2n) is 7.06. The first-order valence-electron chi connectivity index (χ1n) is 9.71. The number of nitrogens with one attached hydrogen (secondary N) is 1. The predicted octanol–water partition coefficient (Wildman–Crippen LogP) is 4.22. The molecular formula is C21H21N5O3. The van der Waals surface area contributed by atoms with Gasteiger partial charge in [-0.1, -0.05) is 25.0 Å². The molecule has 0 spiro atoms. The Bertz CT molecular complexity index is 1040. The number of carbonyl (C=O) groups is 1. The zero-order chi connectivity index (χ0) is 20.2. The second-order valence-corrected chi connectivity index (χ2v) is 7.06. The molecule has 0 unspecified atom stereocenters. The number of aromatic nitrogens is 3. The van der Waals surface area contributed by atoms with Crippen molar-refractivity contribution in [2.45, 2.75) is 38.6 Å². The molecular weight excluding hydrogens is 370 g/mol. The van der Waals surface area contributed by atoms with Crippen molar-refractivity contribution >= 4 is 17.3 Å². The van der Waals surface area contributed by atoms with E-state index in [1.165, 1.54) is 31.0 Å². The molecule has 0 bridgehead atoms. The molecule has 4 rings (SSSR count). The van der Waals surface area contributed by atoms with E-state index in [1.807, 2.05) is 12.1 Å². The van der Waals surface area contributed by atoms with Crippen LogP contribution in [0.15, 0.2) is 48.5 Å². The van der Waals surface area contributed by atoms with Crippen molar-refractivity contribution in [3.63, 3.8) is 0 Å². The number of amides is 1. The van der Waals surface area contributed by atoms with Crippen molar-refractivity contribution in [1.29, 1.82) is 0 Å². The van der Waals surface area contributed by atoms with Crippen LogP contribution >= 0.6 is 0 Å². The minimum absolute atomic E-state index is 0.0282. The summed E-state index contributed by atoms with van der Waals surface area (Å²) in [5, 5.41) is 22.6. The van der Waals surface area contributed by atoms with Gasteiger partial charge < -0.3 is 9.88 Å². The van der Waals surface area contributed by atoms with E-state index < -0.39 is 10.8 Å². The first kappa shape index (κ1) is 18.8. The Balaban J connectivity index is 1.53. The molecule has 1 aromatic heterocycles. The lowest BCUT2D eigenvalue weighted by Gasteiger charge is -2.13. The highest BCUT2D eigenvalue weighted by Gasteiger charge is 2.19. The minimum Gasteiger partial charge on any atom is -0.322 e. The molecule has 0 radical (unpaired) electrons. The van der Waals surface area contributed by atoms with Gasteiger partial charge in [-0.05, 0) is 43.2 Å². The van der Waals surface area contributed by atoms with Crippen molar-refractivity contribution in [2.75, 3.05) is 5.32 Å². The number of nitro benzene ring substituents is 1. The number of fused-ring (bicyclic) bond motifs is 1. The van der Waals surface area contributed by atoms with Crippen molar-refractivity contribution in [1.82, 2.24) is 14.8 Å². The van der Waals surface area contributed by atoms with Gasteiger partial charge in [0.05, 0.1) is 4.92 Å². The monoisotopic (exact) mass is 391 g/mol. The number of rotatable bonds is 4. The largest absolute Gasteiger partial charge is 0.322 e. The topological polar surface area (TPSA) is 103 Å². The number of nitro groups is 1. The minimum atomic E-state index is -0.558. The van der Waals surface area contributed by atoms with Crippen LogP contribution in [0.4, 0.5) is 11.4 Å². The number of benzene rings is 2. The summed E-state index contributed by atoms with van der Waals surface area (Å²) in [5.74, 6) is 1.34. The number of carbonyl (C=O) groups excluding carboxylic acids is 1. The number of nitrogens with zero attached hydrogens (tertiary/aromatic N) is 4. The quantitative estimate of drug-likeness (QED) is 0.530. The third kappa shape index (κ3) is 4.01. The molecule has 1 N–H and O–H groups in total. The Labute approximate surface area is 167 Å². The highest BCUT2D eigenvalue weighted by molar-refractivity contribution is 6.07. The molecule has 1 aliphatic heterocycles. The zero-order valence-electron chi connectivity index (χ0n) is 15.9. The van der Waals surface area contributed by atoms with Crippen molar-refractivity contribution in [3.05, 3.63) is 70.0 Å². The zero-order valence-corrected chi connectivity index (χ0v) is 15.9. The Kier molecular flexibility index (Phi) is 5.33. The standard InChI is InChI=1S/C21H21N5O3/c27-21(17-7-4-5-8-18(17)26(28)29)22-16-12-10-15(11-13-16)20-24-23-19-9-3-1-2-6-14-25(19)20/h4-5,7-8,10-13H,1-3,6,9,14H2,(H,22,27). The van der Waals surface area contributed by atoms with E-state index in [4.69, 9.17) is 0 Å². The van der Waals surface area contributed by atoms with Crippen LogP contribution in [0, 0.1) is 10.1 Å². The van der Waals surface area contributed by atoms with Gasteiger partial charge in [-0.2, -0.15) is 0 Å². The summed E-state index contributed by atoms with van der Waals surface area (Å²) in [7, 11) is 0. The van der Waals surface area contributed by atoms with E-state index in [2.05, 4.69) is 20.1 Å². The number of hydrogen-bond acceptors (Lipinski definition) is 5. The predicted molar refractivity (Wildman–Crippen MR) is 109 cm³/mol. The summed E-state index contributed by atoms with van der Waals surface area (Å²) in [4.78, 5) is 23.0. The van der Waals surface area contributed by atoms with Crippen LogP contribution in [-0.4, -0.2) is 25.6 Å². The fraction of sp³-hybridized carbons (Fsp3) is 0.286. The molecule has 1 amide bonds. The van der Waals surface area contributed by atoms with Crippen LogP contribution in [0.3, 0.4) is 0 Å². The fourth-order valence-corrected chi connectivity index (χ4v) is 3.60. The average Bonchev–Trinajstić information content (AvgIpc) is 3.10. The van der Waals surface area contributed by atoms with Crippen molar-refractivity contribution in [2.24, 2.45) is 0 Å². The molecule has 0 fully saturated rings.